The lowest BCUT2D eigenvalue weighted by molar-refractivity contribution is -0.113. The van der Waals surface area contributed by atoms with Crippen LogP contribution in [-0.4, -0.2) is 31.4 Å². The zero-order valence-corrected chi connectivity index (χ0v) is 18.1. The average Bonchev–Trinajstić information content (AvgIpc) is 3.34. The Kier molecular flexibility index (Phi) is 6.12. The summed E-state index contributed by atoms with van der Waals surface area (Å²) < 4.78 is 14.9. The molecule has 1 N–H and O–H groups in total. The molecule has 2 heterocycles. The Morgan fingerprint density at radius 2 is 1.83 bits per heavy atom. The molecule has 0 atom stereocenters. The maximum Gasteiger partial charge on any atom is 0.236 e. The van der Waals surface area contributed by atoms with E-state index in [4.69, 9.17) is 11.6 Å². The van der Waals surface area contributed by atoms with Crippen LogP contribution in [0.2, 0.25) is 5.02 Å². The van der Waals surface area contributed by atoms with Crippen LogP contribution in [0.3, 0.4) is 0 Å². The highest BCUT2D eigenvalue weighted by molar-refractivity contribution is 7.99. The number of benzene rings is 2. The molecule has 30 heavy (non-hydrogen) atoms. The van der Waals surface area contributed by atoms with Crippen molar-refractivity contribution in [3.63, 3.8) is 0 Å². The molecule has 0 unspecified atom stereocenters. The van der Waals surface area contributed by atoms with Gasteiger partial charge in [-0.25, -0.2) is 9.37 Å². The second kappa shape index (κ2) is 8.95. The summed E-state index contributed by atoms with van der Waals surface area (Å²) in [6, 6.07) is 13.4. The van der Waals surface area contributed by atoms with Gasteiger partial charge >= 0.3 is 0 Å². The zero-order chi connectivity index (χ0) is 21.1. The number of hydrogen-bond acceptors (Lipinski definition) is 6. The third-order valence-corrected chi connectivity index (χ3v) is 6.19. The summed E-state index contributed by atoms with van der Waals surface area (Å²) in [7, 11) is 1.80. The maximum atomic E-state index is 13.1. The maximum absolute atomic E-state index is 13.1. The Morgan fingerprint density at radius 1 is 1.13 bits per heavy atom. The number of carbonyl (C=O) groups excluding carboxylic acids is 1. The van der Waals surface area contributed by atoms with E-state index in [0.29, 0.717) is 21.1 Å². The van der Waals surface area contributed by atoms with Gasteiger partial charge in [-0.3, -0.25) is 4.79 Å². The molecule has 0 aliphatic rings. The minimum Gasteiger partial charge on any atom is -0.305 e. The highest BCUT2D eigenvalue weighted by Crippen LogP contribution is 2.27. The van der Waals surface area contributed by atoms with E-state index >= 15 is 0 Å². The summed E-state index contributed by atoms with van der Waals surface area (Å²) in [5, 5.41) is 14.7. The lowest BCUT2D eigenvalue weighted by Gasteiger charge is -2.04. The fourth-order valence-corrected chi connectivity index (χ4v) is 4.23. The molecular formula is C20H15ClFN5OS2. The van der Waals surface area contributed by atoms with Gasteiger partial charge in [-0.15, -0.1) is 21.5 Å². The molecule has 0 saturated carbocycles. The molecule has 0 saturated heterocycles. The molecule has 0 radical (unpaired) electrons. The fraction of sp³-hybridized carbons (Fsp3) is 0.100. The number of nitrogens with zero attached hydrogens (tertiary/aromatic N) is 4. The number of amides is 1. The molecule has 0 fully saturated rings. The SMILES string of the molecule is Cn1c(SCC(=O)Nc2nc(-c3ccc(Cl)cc3)cs2)nnc1-c1ccc(F)cc1. The number of halogens is 2. The van der Waals surface area contributed by atoms with Crippen LogP contribution in [0.25, 0.3) is 22.6 Å². The molecule has 1 amide bonds. The van der Waals surface area contributed by atoms with Crippen LogP contribution in [0.1, 0.15) is 0 Å². The van der Waals surface area contributed by atoms with Gasteiger partial charge in [0, 0.05) is 28.6 Å². The lowest BCUT2D eigenvalue weighted by Crippen LogP contribution is -2.14. The summed E-state index contributed by atoms with van der Waals surface area (Å²) in [6.07, 6.45) is 0. The van der Waals surface area contributed by atoms with Gasteiger partial charge in [-0.05, 0) is 36.4 Å². The van der Waals surface area contributed by atoms with Crippen LogP contribution in [0, 0.1) is 5.82 Å². The number of nitrogens with one attached hydrogen (secondary N) is 1. The predicted octanol–water partition coefficient (Wildman–Crippen LogP) is 5.13. The highest BCUT2D eigenvalue weighted by atomic mass is 35.5. The van der Waals surface area contributed by atoms with Crippen molar-refractivity contribution in [1.82, 2.24) is 19.7 Å². The molecular weight excluding hydrogens is 445 g/mol. The molecule has 4 aromatic rings. The van der Waals surface area contributed by atoms with Gasteiger partial charge in [0.25, 0.3) is 0 Å². The van der Waals surface area contributed by atoms with E-state index in [1.807, 2.05) is 17.5 Å². The van der Waals surface area contributed by atoms with Crippen LogP contribution in [0.15, 0.2) is 59.1 Å². The molecule has 0 aliphatic heterocycles. The van der Waals surface area contributed by atoms with Gasteiger partial charge in [-0.1, -0.05) is 35.5 Å². The second-order valence-corrected chi connectivity index (χ2v) is 8.49. The number of thiazole rings is 1. The van der Waals surface area contributed by atoms with E-state index in [1.54, 1.807) is 35.9 Å². The molecule has 2 aromatic heterocycles. The van der Waals surface area contributed by atoms with Crippen molar-refractivity contribution in [3.8, 4) is 22.6 Å². The number of anilines is 1. The minimum atomic E-state index is -0.311. The Labute approximate surface area is 185 Å². The third-order valence-electron chi connectivity index (χ3n) is 4.16. The van der Waals surface area contributed by atoms with Crippen molar-refractivity contribution in [1.29, 1.82) is 0 Å². The van der Waals surface area contributed by atoms with Gasteiger partial charge in [-0.2, -0.15) is 0 Å². The van der Waals surface area contributed by atoms with Gasteiger partial charge in [0.2, 0.25) is 5.91 Å². The highest BCUT2D eigenvalue weighted by Gasteiger charge is 2.14. The van der Waals surface area contributed by atoms with E-state index in [1.165, 1.54) is 35.2 Å². The van der Waals surface area contributed by atoms with E-state index in [-0.39, 0.29) is 17.5 Å². The smallest absolute Gasteiger partial charge is 0.236 e. The Bertz CT molecular complexity index is 1170. The van der Waals surface area contributed by atoms with Crippen molar-refractivity contribution in [2.24, 2.45) is 7.05 Å². The number of rotatable bonds is 6. The summed E-state index contributed by atoms with van der Waals surface area (Å²) in [5.41, 5.74) is 2.45. The quantitative estimate of drug-likeness (QED) is 0.405. The van der Waals surface area contributed by atoms with Crippen LogP contribution >= 0.6 is 34.7 Å². The Balaban J connectivity index is 1.36. The summed E-state index contributed by atoms with van der Waals surface area (Å²) in [4.78, 5) is 16.8. The van der Waals surface area contributed by atoms with E-state index in [2.05, 4.69) is 20.5 Å². The summed E-state index contributed by atoms with van der Waals surface area (Å²) in [6.45, 7) is 0. The van der Waals surface area contributed by atoms with Crippen LogP contribution in [0.4, 0.5) is 9.52 Å². The van der Waals surface area contributed by atoms with Crippen molar-refractivity contribution >= 4 is 45.7 Å². The third kappa shape index (κ3) is 4.69. The summed E-state index contributed by atoms with van der Waals surface area (Å²) in [5.74, 6) is 0.257. The van der Waals surface area contributed by atoms with Crippen molar-refractivity contribution < 1.29 is 9.18 Å². The topological polar surface area (TPSA) is 72.7 Å². The molecule has 6 nitrogen and oxygen atoms in total. The standard InChI is InChI=1S/C20H15ClFN5OS2/c1-27-18(13-4-8-15(22)9-5-13)25-26-20(27)30-11-17(28)24-19-23-16(10-29-19)12-2-6-14(21)7-3-12/h2-10H,11H2,1H3,(H,23,24,28). The predicted molar refractivity (Wildman–Crippen MR) is 118 cm³/mol. The van der Waals surface area contributed by atoms with E-state index in [9.17, 15) is 9.18 Å². The van der Waals surface area contributed by atoms with Gasteiger partial charge < -0.3 is 9.88 Å². The van der Waals surface area contributed by atoms with E-state index in [0.717, 1.165) is 16.8 Å². The number of hydrogen-bond donors (Lipinski definition) is 1. The largest absolute Gasteiger partial charge is 0.305 e. The van der Waals surface area contributed by atoms with Crippen molar-refractivity contribution in [3.05, 3.63) is 64.8 Å². The van der Waals surface area contributed by atoms with Gasteiger partial charge in [0.05, 0.1) is 11.4 Å². The Hall–Kier alpha value is -2.75. The normalized spacial score (nSPS) is 10.9. The number of thioether (sulfide) groups is 1. The lowest BCUT2D eigenvalue weighted by atomic mass is 10.2. The van der Waals surface area contributed by atoms with Crippen molar-refractivity contribution in [2.45, 2.75) is 5.16 Å². The van der Waals surface area contributed by atoms with Crippen LogP contribution < -0.4 is 5.32 Å². The van der Waals surface area contributed by atoms with Crippen molar-refractivity contribution in [2.75, 3.05) is 11.1 Å². The molecule has 4 rings (SSSR count). The molecule has 2 aromatic carbocycles. The monoisotopic (exact) mass is 459 g/mol. The van der Waals surface area contributed by atoms with E-state index < -0.39 is 0 Å². The first kappa shape index (κ1) is 20.5. The first-order valence-corrected chi connectivity index (χ1v) is 11.0. The molecule has 0 bridgehead atoms. The zero-order valence-electron chi connectivity index (χ0n) is 15.7. The van der Waals surface area contributed by atoms with Gasteiger partial charge in [0.1, 0.15) is 5.82 Å². The van der Waals surface area contributed by atoms with Gasteiger partial charge in [0.15, 0.2) is 16.1 Å². The number of carbonyl (C=O) groups is 1. The number of aromatic nitrogens is 4. The van der Waals surface area contributed by atoms with Crippen LogP contribution in [0.5, 0.6) is 0 Å². The fourth-order valence-electron chi connectivity index (χ4n) is 2.66. The first-order chi connectivity index (χ1) is 14.5. The summed E-state index contributed by atoms with van der Waals surface area (Å²) >= 11 is 8.53. The molecule has 10 heteroatoms. The molecule has 0 spiro atoms. The van der Waals surface area contributed by atoms with Crippen LogP contribution in [-0.2, 0) is 11.8 Å². The minimum absolute atomic E-state index is 0.158. The second-order valence-electron chi connectivity index (χ2n) is 6.25. The first-order valence-electron chi connectivity index (χ1n) is 8.79. The molecule has 152 valence electrons. The average molecular weight is 460 g/mol. The Morgan fingerprint density at radius 3 is 2.57 bits per heavy atom. The molecule has 0 aliphatic carbocycles.